The molecule has 0 spiro atoms. The molecule has 13 heteroatoms. The number of nitrogens with one attached hydrogen (secondary N) is 1. The molecule has 144 valence electrons. The number of hydrogen-bond donors (Lipinski definition) is 5. The molecule has 3 aromatic rings. The van der Waals surface area contributed by atoms with Crippen molar-refractivity contribution in [1.82, 2.24) is 40.1 Å². The first-order valence-electron chi connectivity index (χ1n) is 7.92. The van der Waals surface area contributed by atoms with E-state index >= 15 is 0 Å². The standard InChI is InChI=1S/C13H17N5O4.CH2N4/c1-2-3-13(10(21)9(20)7(4-19)22-13)18-6-17-8-11(14)15-5-16-12(8)18;1-2-4-5-3-1/h2,5-7,9-10,19-21H,1,3-4H2,(H2,14,15,16);1H,(H,2,3,4,5)/t7-,9-,10-,13-;/m1./s1. The Morgan fingerprint density at radius 1 is 1.37 bits per heavy atom. The number of fused-ring (bicyclic) bond motifs is 1. The van der Waals surface area contributed by atoms with Crippen molar-refractivity contribution in [3.8, 4) is 0 Å². The Balaban J connectivity index is 0.000000364. The van der Waals surface area contributed by atoms with Crippen LogP contribution in [0, 0.1) is 0 Å². The molecular formula is C14H19N9O4. The third-order valence-corrected chi connectivity index (χ3v) is 4.18. The van der Waals surface area contributed by atoms with Gasteiger partial charge in [0.2, 0.25) is 0 Å². The number of aromatic nitrogens is 8. The first kappa shape index (κ1) is 18.8. The quantitative estimate of drug-likeness (QED) is 0.314. The summed E-state index contributed by atoms with van der Waals surface area (Å²) >= 11 is 0. The first-order chi connectivity index (χ1) is 13.0. The van der Waals surface area contributed by atoms with Crippen LogP contribution in [0.15, 0.2) is 31.6 Å². The van der Waals surface area contributed by atoms with Gasteiger partial charge >= 0.3 is 0 Å². The molecule has 0 radical (unpaired) electrons. The number of nitrogens with zero attached hydrogens (tertiary/aromatic N) is 7. The van der Waals surface area contributed by atoms with Gasteiger partial charge in [0.25, 0.3) is 0 Å². The highest BCUT2D eigenvalue weighted by molar-refractivity contribution is 5.81. The van der Waals surface area contributed by atoms with Crippen molar-refractivity contribution >= 4 is 17.0 Å². The summed E-state index contributed by atoms with van der Waals surface area (Å²) in [5, 5.41) is 42.0. The molecule has 4 atom stereocenters. The number of imidazole rings is 1. The Bertz CT molecular complexity index is 869. The van der Waals surface area contributed by atoms with Crippen LogP contribution >= 0.6 is 0 Å². The Morgan fingerprint density at radius 3 is 2.74 bits per heavy atom. The van der Waals surface area contributed by atoms with Crippen LogP contribution in [-0.4, -0.2) is 80.4 Å². The van der Waals surface area contributed by atoms with Crippen LogP contribution in [0.25, 0.3) is 11.2 Å². The summed E-state index contributed by atoms with van der Waals surface area (Å²) in [7, 11) is 0. The van der Waals surface area contributed by atoms with Crippen molar-refractivity contribution < 1.29 is 20.1 Å². The number of tetrazole rings is 1. The number of hydrogen-bond acceptors (Lipinski definition) is 11. The highest BCUT2D eigenvalue weighted by Crippen LogP contribution is 2.40. The number of aliphatic hydroxyl groups is 3. The number of aliphatic hydroxyl groups excluding tert-OH is 3. The van der Waals surface area contributed by atoms with Crippen molar-refractivity contribution in [2.24, 2.45) is 0 Å². The van der Waals surface area contributed by atoms with E-state index in [9.17, 15) is 15.3 Å². The average Bonchev–Trinajstić information content (AvgIpc) is 3.41. The van der Waals surface area contributed by atoms with Gasteiger partial charge in [-0.15, -0.1) is 11.7 Å². The fraction of sp³-hybridized carbons (Fsp3) is 0.429. The van der Waals surface area contributed by atoms with E-state index in [4.69, 9.17) is 10.5 Å². The Hall–Kier alpha value is -3.00. The predicted molar refractivity (Wildman–Crippen MR) is 90.7 cm³/mol. The molecule has 1 aliphatic heterocycles. The molecule has 0 bridgehead atoms. The maximum absolute atomic E-state index is 10.5. The lowest BCUT2D eigenvalue weighted by molar-refractivity contribution is -0.143. The third kappa shape index (κ3) is 3.23. The Kier molecular flexibility index (Phi) is 5.36. The fourth-order valence-electron chi connectivity index (χ4n) is 2.95. The molecule has 0 aliphatic carbocycles. The van der Waals surface area contributed by atoms with Gasteiger partial charge in [-0.25, -0.2) is 20.1 Å². The van der Waals surface area contributed by atoms with Gasteiger partial charge in [0.05, 0.1) is 12.9 Å². The van der Waals surface area contributed by atoms with E-state index < -0.39 is 30.6 Å². The first-order valence-corrected chi connectivity index (χ1v) is 7.92. The molecular weight excluding hydrogens is 358 g/mol. The highest BCUT2D eigenvalue weighted by Gasteiger charge is 2.55. The molecule has 27 heavy (non-hydrogen) atoms. The predicted octanol–water partition coefficient (Wildman–Crippen LogP) is -2.05. The van der Waals surface area contributed by atoms with Crippen molar-refractivity contribution in [3.05, 3.63) is 31.6 Å². The molecule has 6 N–H and O–H groups in total. The SMILES string of the molecule is C=CC[C@@]1(n2cnc3c(N)ncnc32)O[C@H](CO)[C@@H](O)[C@H]1O.c1nnn[nH]1. The van der Waals surface area contributed by atoms with Crippen molar-refractivity contribution in [3.63, 3.8) is 0 Å². The number of H-pyrrole nitrogens is 1. The number of ether oxygens (including phenoxy) is 1. The van der Waals surface area contributed by atoms with E-state index in [0.717, 1.165) is 0 Å². The van der Waals surface area contributed by atoms with E-state index in [1.807, 2.05) is 0 Å². The molecule has 0 aromatic carbocycles. The number of nitrogen functional groups attached to an aromatic ring is 1. The van der Waals surface area contributed by atoms with Crippen molar-refractivity contribution in [1.29, 1.82) is 0 Å². The number of nitrogens with two attached hydrogens (primary N) is 1. The largest absolute Gasteiger partial charge is 0.394 e. The highest BCUT2D eigenvalue weighted by atomic mass is 16.6. The van der Waals surface area contributed by atoms with Gasteiger partial charge in [-0.3, -0.25) is 4.57 Å². The van der Waals surface area contributed by atoms with Gasteiger partial charge in [0.15, 0.2) is 17.2 Å². The van der Waals surface area contributed by atoms with E-state index in [1.54, 1.807) is 6.08 Å². The van der Waals surface area contributed by atoms with Crippen molar-refractivity contribution in [2.45, 2.75) is 30.5 Å². The molecule has 0 amide bonds. The zero-order chi connectivity index (χ0) is 19.4. The van der Waals surface area contributed by atoms with Gasteiger partial charge in [-0.05, 0) is 10.4 Å². The molecule has 3 aromatic heterocycles. The van der Waals surface area contributed by atoms with Gasteiger partial charge in [-0.2, -0.15) is 0 Å². The summed E-state index contributed by atoms with van der Waals surface area (Å²) in [6.45, 7) is 3.23. The minimum Gasteiger partial charge on any atom is -0.394 e. The molecule has 1 saturated heterocycles. The van der Waals surface area contributed by atoms with Crippen LogP contribution in [0.4, 0.5) is 5.82 Å². The summed E-state index contributed by atoms with van der Waals surface area (Å²) in [5.41, 5.74) is 5.11. The normalized spacial score (nSPS) is 27.3. The Morgan fingerprint density at radius 2 is 2.19 bits per heavy atom. The minimum atomic E-state index is -1.37. The maximum Gasteiger partial charge on any atom is 0.180 e. The van der Waals surface area contributed by atoms with Gasteiger partial charge in [0.1, 0.15) is 36.5 Å². The lowest BCUT2D eigenvalue weighted by Crippen LogP contribution is -2.45. The average molecular weight is 377 g/mol. The smallest absolute Gasteiger partial charge is 0.180 e. The molecule has 0 saturated carbocycles. The number of rotatable bonds is 4. The van der Waals surface area contributed by atoms with Gasteiger partial charge < -0.3 is 25.8 Å². The summed E-state index contributed by atoms with van der Waals surface area (Å²) < 4.78 is 7.25. The fourth-order valence-corrected chi connectivity index (χ4v) is 2.95. The van der Waals surface area contributed by atoms with Gasteiger partial charge in [0, 0.05) is 6.42 Å². The molecule has 4 rings (SSSR count). The number of aromatic amines is 1. The summed E-state index contributed by atoms with van der Waals surface area (Å²) in [6.07, 6.45) is 2.35. The summed E-state index contributed by atoms with van der Waals surface area (Å²) in [4.78, 5) is 12.1. The van der Waals surface area contributed by atoms with Crippen LogP contribution in [0.5, 0.6) is 0 Å². The summed E-state index contributed by atoms with van der Waals surface area (Å²) in [5.74, 6) is 0.198. The van der Waals surface area contributed by atoms with Crippen LogP contribution in [-0.2, 0) is 10.5 Å². The molecule has 0 unspecified atom stereocenters. The molecule has 1 aliphatic rings. The second kappa shape index (κ2) is 7.71. The monoisotopic (exact) mass is 377 g/mol. The minimum absolute atomic E-state index is 0.178. The topological polar surface area (TPSA) is 194 Å². The molecule has 1 fully saturated rings. The lowest BCUT2D eigenvalue weighted by atomic mass is 9.99. The third-order valence-electron chi connectivity index (χ3n) is 4.18. The second-order valence-corrected chi connectivity index (χ2v) is 5.72. The summed E-state index contributed by atoms with van der Waals surface area (Å²) in [6, 6.07) is 0. The van der Waals surface area contributed by atoms with E-state index in [0.29, 0.717) is 11.2 Å². The van der Waals surface area contributed by atoms with Crippen molar-refractivity contribution in [2.75, 3.05) is 12.3 Å². The Labute approximate surface area is 152 Å². The molecule has 4 heterocycles. The second-order valence-electron chi connectivity index (χ2n) is 5.72. The van der Waals surface area contributed by atoms with E-state index in [2.05, 4.69) is 42.2 Å². The van der Waals surface area contributed by atoms with Crippen LogP contribution in [0.2, 0.25) is 0 Å². The van der Waals surface area contributed by atoms with E-state index in [-0.39, 0.29) is 12.2 Å². The molecule has 13 nitrogen and oxygen atoms in total. The zero-order valence-corrected chi connectivity index (χ0v) is 14.1. The number of anilines is 1. The van der Waals surface area contributed by atoms with Crippen LogP contribution in [0.3, 0.4) is 0 Å². The maximum atomic E-state index is 10.5. The van der Waals surface area contributed by atoms with Crippen LogP contribution < -0.4 is 5.73 Å². The van der Waals surface area contributed by atoms with Gasteiger partial charge in [-0.1, -0.05) is 6.08 Å². The van der Waals surface area contributed by atoms with E-state index in [1.165, 1.54) is 23.5 Å². The van der Waals surface area contributed by atoms with Crippen LogP contribution in [0.1, 0.15) is 6.42 Å². The zero-order valence-electron chi connectivity index (χ0n) is 14.1. The lowest BCUT2D eigenvalue weighted by Gasteiger charge is -2.32.